The third-order valence-corrected chi connectivity index (χ3v) is 4.14. The van der Waals surface area contributed by atoms with Crippen molar-refractivity contribution < 1.29 is 9.53 Å². The fraction of sp³-hybridized carbons (Fsp3) is 0.933. The fourth-order valence-corrected chi connectivity index (χ4v) is 2.75. The Kier molecular flexibility index (Phi) is 5.65. The molecule has 4 heteroatoms. The van der Waals surface area contributed by atoms with Gasteiger partial charge in [0.1, 0.15) is 5.60 Å². The average molecular weight is 270 g/mol. The Hall–Kier alpha value is -0.770. The van der Waals surface area contributed by atoms with Crippen LogP contribution in [0, 0.1) is 5.41 Å². The maximum absolute atomic E-state index is 12.0. The van der Waals surface area contributed by atoms with Gasteiger partial charge in [0.05, 0.1) is 0 Å². The van der Waals surface area contributed by atoms with Crippen molar-refractivity contribution in [3.63, 3.8) is 0 Å². The maximum Gasteiger partial charge on any atom is 0.410 e. The van der Waals surface area contributed by atoms with E-state index >= 15 is 0 Å². The zero-order valence-electron chi connectivity index (χ0n) is 13.0. The molecule has 0 bridgehead atoms. The first-order chi connectivity index (χ1) is 8.82. The van der Waals surface area contributed by atoms with E-state index in [9.17, 15) is 4.79 Å². The number of hydrogen-bond donors (Lipinski definition) is 1. The lowest BCUT2D eigenvalue weighted by Crippen LogP contribution is -2.45. The molecule has 0 atom stereocenters. The second kappa shape index (κ2) is 6.60. The predicted octanol–water partition coefficient (Wildman–Crippen LogP) is 3.15. The lowest BCUT2D eigenvalue weighted by atomic mass is 9.73. The molecule has 0 spiro atoms. The van der Waals surface area contributed by atoms with Crippen LogP contribution >= 0.6 is 0 Å². The van der Waals surface area contributed by atoms with Crippen LogP contribution in [-0.4, -0.2) is 36.2 Å². The molecular formula is C15H30N2O2. The van der Waals surface area contributed by atoms with E-state index in [4.69, 9.17) is 10.5 Å². The summed E-state index contributed by atoms with van der Waals surface area (Å²) < 4.78 is 5.43. The van der Waals surface area contributed by atoms with Crippen LogP contribution in [0.15, 0.2) is 0 Å². The molecular weight excluding hydrogens is 240 g/mol. The van der Waals surface area contributed by atoms with Crippen LogP contribution < -0.4 is 5.73 Å². The average Bonchev–Trinajstić information content (AvgIpc) is 2.35. The molecule has 1 fully saturated rings. The van der Waals surface area contributed by atoms with Crippen LogP contribution in [0.25, 0.3) is 0 Å². The smallest absolute Gasteiger partial charge is 0.410 e. The highest BCUT2D eigenvalue weighted by molar-refractivity contribution is 5.68. The van der Waals surface area contributed by atoms with Gasteiger partial charge >= 0.3 is 6.09 Å². The van der Waals surface area contributed by atoms with Gasteiger partial charge in [-0.25, -0.2) is 4.79 Å². The molecule has 1 rings (SSSR count). The first kappa shape index (κ1) is 16.3. The summed E-state index contributed by atoms with van der Waals surface area (Å²) in [6.07, 6.45) is 5.42. The third-order valence-electron chi connectivity index (χ3n) is 4.14. The predicted molar refractivity (Wildman–Crippen MR) is 78.1 cm³/mol. The monoisotopic (exact) mass is 270 g/mol. The molecule has 1 aliphatic heterocycles. The van der Waals surface area contributed by atoms with E-state index in [1.807, 2.05) is 25.7 Å². The molecule has 0 aromatic rings. The minimum atomic E-state index is -0.407. The highest BCUT2D eigenvalue weighted by Crippen LogP contribution is 2.39. The van der Waals surface area contributed by atoms with Crippen molar-refractivity contribution in [1.29, 1.82) is 0 Å². The molecule has 4 nitrogen and oxygen atoms in total. The second-order valence-corrected chi connectivity index (χ2v) is 6.71. The lowest BCUT2D eigenvalue weighted by Gasteiger charge is -2.41. The van der Waals surface area contributed by atoms with E-state index in [1.165, 1.54) is 12.8 Å². The highest BCUT2D eigenvalue weighted by atomic mass is 16.6. The molecule has 2 N–H and O–H groups in total. The van der Waals surface area contributed by atoms with Gasteiger partial charge in [0, 0.05) is 13.1 Å². The van der Waals surface area contributed by atoms with Crippen molar-refractivity contribution in [2.45, 2.75) is 65.4 Å². The number of nitrogens with two attached hydrogens (primary N) is 1. The van der Waals surface area contributed by atoms with Gasteiger partial charge in [0.2, 0.25) is 0 Å². The molecule has 112 valence electrons. The number of nitrogens with zero attached hydrogens (tertiary/aromatic N) is 1. The van der Waals surface area contributed by atoms with Crippen molar-refractivity contribution in [2.75, 3.05) is 19.6 Å². The van der Waals surface area contributed by atoms with Crippen molar-refractivity contribution in [3.05, 3.63) is 0 Å². The van der Waals surface area contributed by atoms with Crippen LogP contribution in [0.5, 0.6) is 0 Å². The van der Waals surface area contributed by atoms with Gasteiger partial charge in [0.25, 0.3) is 0 Å². The normalized spacial score (nSPS) is 19.3. The zero-order valence-corrected chi connectivity index (χ0v) is 13.0. The van der Waals surface area contributed by atoms with E-state index in [-0.39, 0.29) is 6.09 Å². The minimum absolute atomic E-state index is 0.170. The summed E-state index contributed by atoms with van der Waals surface area (Å²) in [6, 6.07) is 0. The molecule has 0 aliphatic carbocycles. The van der Waals surface area contributed by atoms with Crippen LogP contribution in [0.3, 0.4) is 0 Å². The molecule has 0 radical (unpaired) electrons. The summed E-state index contributed by atoms with van der Waals surface area (Å²) in [5.41, 5.74) is 5.60. The van der Waals surface area contributed by atoms with Gasteiger partial charge in [-0.05, 0) is 58.4 Å². The maximum atomic E-state index is 12.0. The number of rotatable bonds is 4. The Morgan fingerprint density at radius 2 is 1.89 bits per heavy atom. The van der Waals surface area contributed by atoms with Crippen LogP contribution in [0.2, 0.25) is 0 Å². The minimum Gasteiger partial charge on any atom is -0.444 e. The molecule has 0 aromatic carbocycles. The van der Waals surface area contributed by atoms with Crippen molar-refractivity contribution in [3.8, 4) is 0 Å². The molecule has 0 aromatic heterocycles. The largest absolute Gasteiger partial charge is 0.444 e. The Morgan fingerprint density at radius 3 is 2.32 bits per heavy atom. The summed E-state index contributed by atoms with van der Waals surface area (Å²) in [7, 11) is 0. The van der Waals surface area contributed by atoms with Gasteiger partial charge in [0.15, 0.2) is 0 Å². The summed E-state index contributed by atoms with van der Waals surface area (Å²) in [4.78, 5) is 13.9. The Balaban J connectivity index is 2.49. The second-order valence-electron chi connectivity index (χ2n) is 6.71. The van der Waals surface area contributed by atoms with E-state index in [2.05, 4.69) is 6.92 Å². The van der Waals surface area contributed by atoms with E-state index in [1.54, 1.807) is 0 Å². The molecule has 19 heavy (non-hydrogen) atoms. The Bertz CT molecular complexity index is 289. The Morgan fingerprint density at radius 1 is 1.32 bits per heavy atom. The SMILES string of the molecule is CCC1(CCCN)CCN(C(=O)OC(C)(C)C)CC1. The number of piperidine rings is 1. The summed E-state index contributed by atoms with van der Waals surface area (Å²) in [6.45, 7) is 10.4. The van der Waals surface area contributed by atoms with E-state index in [0.29, 0.717) is 5.41 Å². The number of ether oxygens (including phenoxy) is 1. The van der Waals surface area contributed by atoms with E-state index < -0.39 is 5.60 Å². The van der Waals surface area contributed by atoms with Gasteiger partial charge in [-0.3, -0.25) is 0 Å². The first-order valence-corrected chi connectivity index (χ1v) is 7.50. The van der Waals surface area contributed by atoms with Gasteiger partial charge in [-0.1, -0.05) is 13.3 Å². The molecule has 0 unspecified atom stereocenters. The zero-order chi connectivity index (χ0) is 14.5. The highest BCUT2D eigenvalue weighted by Gasteiger charge is 2.35. The van der Waals surface area contributed by atoms with Crippen molar-refractivity contribution in [1.82, 2.24) is 4.90 Å². The third kappa shape index (κ3) is 5.01. The first-order valence-electron chi connectivity index (χ1n) is 7.50. The lowest BCUT2D eigenvalue weighted by molar-refractivity contribution is 0.00810. The van der Waals surface area contributed by atoms with Crippen molar-refractivity contribution >= 4 is 6.09 Å². The van der Waals surface area contributed by atoms with Gasteiger partial charge in [-0.15, -0.1) is 0 Å². The number of likely N-dealkylation sites (tertiary alicyclic amines) is 1. The van der Waals surface area contributed by atoms with Crippen LogP contribution in [-0.2, 0) is 4.74 Å². The van der Waals surface area contributed by atoms with Crippen LogP contribution in [0.1, 0.15) is 59.8 Å². The Labute approximate surface area is 117 Å². The topological polar surface area (TPSA) is 55.6 Å². The van der Waals surface area contributed by atoms with Gasteiger partial charge < -0.3 is 15.4 Å². The number of amides is 1. The molecule has 1 heterocycles. The van der Waals surface area contributed by atoms with Crippen LogP contribution in [0.4, 0.5) is 4.79 Å². The number of carbonyl (C=O) groups excluding carboxylic acids is 1. The molecule has 0 saturated carbocycles. The summed E-state index contributed by atoms with van der Waals surface area (Å²) >= 11 is 0. The number of hydrogen-bond acceptors (Lipinski definition) is 3. The number of carbonyl (C=O) groups is 1. The quantitative estimate of drug-likeness (QED) is 0.853. The molecule has 1 amide bonds. The van der Waals surface area contributed by atoms with Gasteiger partial charge in [-0.2, -0.15) is 0 Å². The van der Waals surface area contributed by atoms with Crippen molar-refractivity contribution in [2.24, 2.45) is 11.1 Å². The standard InChI is InChI=1S/C15H30N2O2/c1-5-15(7-6-10-16)8-11-17(12-9-15)13(18)19-14(2,3)4/h5-12,16H2,1-4H3. The molecule has 1 aliphatic rings. The summed E-state index contributed by atoms with van der Waals surface area (Å²) in [5, 5.41) is 0. The molecule has 1 saturated heterocycles. The summed E-state index contributed by atoms with van der Waals surface area (Å²) in [5.74, 6) is 0. The van der Waals surface area contributed by atoms with E-state index in [0.717, 1.165) is 38.9 Å². The fourth-order valence-electron chi connectivity index (χ4n) is 2.75.